The van der Waals surface area contributed by atoms with E-state index in [4.69, 9.17) is 0 Å². The van der Waals surface area contributed by atoms with Gasteiger partial charge >= 0.3 is 0 Å². The van der Waals surface area contributed by atoms with Crippen molar-refractivity contribution in [3.8, 4) is 0 Å². The van der Waals surface area contributed by atoms with E-state index in [2.05, 4.69) is 5.43 Å². The van der Waals surface area contributed by atoms with Crippen molar-refractivity contribution >= 4 is 17.7 Å². The van der Waals surface area contributed by atoms with Crippen LogP contribution >= 0.6 is 0 Å². The van der Waals surface area contributed by atoms with Crippen molar-refractivity contribution in [2.75, 3.05) is 0 Å². The first-order valence-electron chi connectivity index (χ1n) is 4.49. The van der Waals surface area contributed by atoms with Gasteiger partial charge in [0, 0.05) is 18.3 Å². The first kappa shape index (κ1) is 10.7. The standard InChI is InChI=1S/C9H14N2O3/c1-9(2,3)8(14)10-11-6(12)4-5-7(11)13/h4-5H2,1-3H3,(H,10,14). The lowest BCUT2D eigenvalue weighted by atomic mass is 9.96. The van der Waals surface area contributed by atoms with E-state index in [0.717, 1.165) is 5.01 Å². The molecule has 0 aliphatic carbocycles. The highest BCUT2D eigenvalue weighted by Crippen LogP contribution is 2.15. The summed E-state index contributed by atoms with van der Waals surface area (Å²) in [6, 6.07) is 0. The van der Waals surface area contributed by atoms with Gasteiger partial charge in [0.2, 0.25) is 17.7 Å². The number of imide groups is 1. The minimum Gasteiger partial charge on any atom is -0.273 e. The number of carbonyl (C=O) groups excluding carboxylic acids is 3. The van der Waals surface area contributed by atoms with Crippen LogP contribution in [0.1, 0.15) is 33.6 Å². The maximum Gasteiger partial charge on any atom is 0.248 e. The van der Waals surface area contributed by atoms with Crippen LogP contribution < -0.4 is 5.43 Å². The Bertz CT molecular complexity index is 275. The molecule has 1 N–H and O–H groups in total. The van der Waals surface area contributed by atoms with E-state index < -0.39 is 5.41 Å². The van der Waals surface area contributed by atoms with Gasteiger partial charge in [-0.25, -0.2) is 0 Å². The van der Waals surface area contributed by atoms with Gasteiger partial charge < -0.3 is 0 Å². The first-order chi connectivity index (χ1) is 6.32. The predicted molar refractivity (Wildman–Crippen MR) is 48.7 cm³/mol. The predicted octanol–water partition coefficient (Wildman–Crippen LogP) is 0.213. The van der Waals surface area contributed by atoms with E-state index in [0.29, 0.717) is 0 Å². The molecule has 1 aliphatic rings. The molecule has 1 heterocycles. The molecule has 0 bridgehead atoms. The minimum absolute atomic E-state index is 0.184. The third-order valence-corrected chi connectivity index (χ3v) is 1.95. The van der Waals surface area contributed by atoms with Crippen molar-refractivity contribution in [1.29, 1.82) is 0 Å². The highest BCUT2D eigenvalue weighted by Gasteiger charge is 2.33. The van der Waals surface area contributed by atoms with Crippen LogP contribution in [0.25, 0.3) is 0 Å². The largest absolute Gasteiger partial charge is 0.273 e. The minimum atomic E-state index is -0.608. The van der Waals surface area contributed by atoms with E-state index in [-0.39, 0.29) is 30.6 Å². The summed E-state index contributed by atoms with van der Waals surface area (Å²) < 4.78 is 0. The molecule has 78 valence electrons. The zero-order valence-electron chi connectivity index (χ0n) is 8.59. The second kappa shape index (κ2) is 3.40. The molecule has 5 nitrogen and oxygen atoms in total. The monoisotopic (exact) mass is 198 g/mol. The lowest BCUT2D eigenvalue weighted by Crippen LogP contribution is -2.49. The van der Waals surface area contributed by atoms with E-state index in [9.17, 15) is 14.4 Å². The van der Waals surface area contributed by atoms with Crippen molar-refractivity contribution in [1.82, 2.24) is 10.4 Å². The Morgan fingerprint density at radius 1 is 1.21 bits per heavy atom. The zero-order valence-corrected chi connectivity index (χ0v) is 8.59. The highest BCUT2D eigenvalue weighted by atomic mass is 16.2. The third-order valence-electron chi connectivity index (χ3n) is 1.95. The number of amides is 3. The van der Waals surface area contributed by atoms with Gasteiger partial charge in [0.15, 0.2) is 0 Å². The van der Waals surface area contributed by atoms with Crippen LogP contribution in [0.5, 0.6) is 0 Å². The molecule has 0 atom stereocenters. The van der Waals surface area contributed by atoms with Crippen molar-refractivity contribution in [3.63, 3.8) is 0 Å². The van der Waals surface area contributed by atoms with Crippen molar-refractivity contribution in [3.05, 3.63) is 0 Å². The second-order valence-corrected chi connectivity index (χ2v) is 4.31. The van der Waals surface area contributed by atoms with E-state index in [1.54, 1.807) is 20.8 Å². The van der Waals surface area contributed by atoms with Crippen LogP contribution in [-0.4, -0.2) is 22.7 Å². The number of rotatable bonds is 1. The lowest BCUT2D eigenvalue weighted by molar-refractivity contribution is -0.150. The van der Waals surface area contributed by atoms with E-state index in [1.807, 2.05) is 0 Å². The van der Waals surface area contributed by atoms with Crippen LogP contribution in [0, 0.1) is 5.41 Å². The van der Waals surface area contributed by atoms with Gasteiger partial charge in [0.25, 0.3) is 0 Å². The molecule has 14 heavy (non-hydrogen) atoms. The number of hydrogen-bond acceptors (Lipinski definition) is 3. The molecule has 1 saturated heterocycles. The summed E-state index contributed by atoms with van der Waals surface area (Å²) in [5.41, 5.74) is 1.71. The molecule has 5 heteroatoms. The maximum absolute atomic E-state index is 11.5. The molecule has 3 amide bonds. The smallest absolute Gasteiger partial charge is 0.248 e. The summed E-state index contributed by atoms with van der Waals surface area (Å²) in [4.78, 5) is 33.7. The van der Waals surface area contributed by atoms with Gasteiger partial charge in [0.1, 0.15) is 0 Å². The fourth-order valence-electron chi connectivity index (χ4n) is 0.971. The Balaban J connectivity index is 2.65. The average Bonchev–Trinajstić information content (AvgIpc) is 2.34. The topological polar surface area (TPSA) is 66.5 Å². The van der Waals surface area contributed by atoms with Gasteiger partial charge in [-0.05, 0) is 0 Å². The van der Waals surface area contributed by atoms with Gasteiger partial charge in [0.05, 0.1) is 0 Å². The molecule has 1 fully saturated rings. The van der Waals surface area contributed by atoms with Crippen molar-refractivity contribution in [2.24, 2.45) is 5.41 Å². The molecule has 0 aromatic rings. The van der Waals surface area contributed by atoms with Gasteiger partial charge in [-0.2, -0.15) is 5.01 Å². The van der Waals surface area contributed by atoms with E-state index >= 15 is 0 Å². The first-order valence-corrected chi connectivity index (χ1v) is 4.49. The molecule has 1 rings (SSSR count). The van der Waals surface area contributed by atoms with Crippen molar-refractivity contribution in [2.45, 2.75) is 33.6 Å². The van der Waals surface area contributed by atoms with Crippen LogP contribution in [0.4, 0.5) is 0 Å². The molecule has 0 aromatic carbocycles. The molecule has 0 radical (unpaired) electrons. The van der Waals surface area contributed by atoms with Crippen molar-refractivity contribution < 1.29 is 14.4 Å². The fraction of sp³-hybridized carbons (Fsp3) is 0.667. The Kier molecular flexibility index (Phi) is 2.59. The maximum atomic E-state index is 11.5. The second-order valence-electron chi connectivity index (χ2n) is 4.31. The fourth-order valence-corrected chi connectivity index (χ4v) is 0.971. The third kappa shape index (κ3) is 2.10. The average molecular weight is 198 g/mol. The molecule has 1 aliphatic heterocycles. The Morgan fingerprint density at radius 2 is 1.64 bits per heavy atom. The summed E-state index contributed by atoms with van der Waals surface area (Å²) in [5, 5.41) is 0.813. The highest BCUT2D eigenvalue weighted by molar-refractivity contribution is 6.03. The molecule has 0 unspecified atom stereocenters. The number of nitrogens with one attached hydrogen (secondary N) is 1. The van der Waals surface area contributed by atoms with Gasteiger partial charge in [-0.3, -0.25) is 19.8 Å². The normalized spacial score (nSPS) is 17.5. The molecule has 0 aromatic heterocycles. The number of hydrogen-bond donors (Lipinski definition) is 1. The number of hydrazine groups is 1. The molecular weight excluding hydrogens is 184 g/mol. The number of nitrogens with zero attached hydrogens (tertiary/aromatic N) is 1. The summed E-state index contributed by atoms with van der Waals surface area (Å²) in [7, 11) is 0. The van der Waals surface area contributed by atoms with Crippen LogP contribution in [0.2, 0.25) is 0 Å². The quantitative estimate of drug-likeness (QED) is 0.612. The lowest BCUT2D eigenvalue weighted by Gasteiger charge is -2.22. The van der Waals surface area contributed by atoms with Crippen LogP contribution in [-0.2, 0) is 14.4 Å². The summed E-state index contributed by atoms with van der Waals surface area (Å²) in [5.74, 6) is -1.01. The number of carbonyl (C=O) groups is 3. The zero-order chi connectivity index (χ0) is 10.9. The molecule has 0 spiro atoms. The van der Waals surface area contributed by atoms with Crippen LogP contribution in [0.3, 0.4) is 0 Å². The van der Waals surface area contributed by atoms with Gasteiger partial charge in [-0.1, -0.05) is 20.8 Å². The Morgan fingerprint density at radius 3 is 2.00 bits per heavy atom. The van der Waals surface area contributed by atoms with Gasteiger partial charge in [-0.15, -0.1) is 0 Å². The summed E-state index contributed by atoms with van der Waals surface area (Å²) in [6.45, 7) is 5.15. The Hall–Kier alpha value is -1.39. The molecular formula is C9H14N2O3. The Labute approximate surface area is 82.4 Å². The molecule has 0 saturated carbocycles. The SMILES string of the molecule is CC(C)(C)C(=O)NN1C(=O)CCC1=O. The summed E-state index contributed by atoms with van der Waals surface area (Å²) in [6.07, 6.45) is 0.368. The van der Waals surface area contributed by atoms with E-state index in [1.165, 1.54) is 0 Å². The van der Waals surface area contributed by atoms with Crippen LogP contribution in [0.15, 0.2) is 0 Å². The summed E-state index contributed by atoms with van der Waals surface area (Å²) >= 11 is 0.